The smallest absolute Gasteiger partial charge is 0.258 e. The van der Waals surface area contributed by atoms with E-state index in [9.17, 15) is 36.6 Å². The number of pyridine rings is 1. The molecule has 6 nitrogen and oxygen atoms in total. The highest BCUT2D eigenvalue weighted by Gasteiger charge is 2.31. The van der Waals surface area contributed by atoms with E-state index in [4.69, 9.17) is 0 Å². The average Bonchev–Trinajstić information content (AvgIpc) is 2.74. The Hall–Kier alpha value is -3.60. The minimum Gasteiger partial charge on any atom is -0.394 e. The Bertz CT molecular complexity index is 1130. The van der Waals surface area contributed by atoms with Crippen LogP contribution in [0.5, 0.6) is 0 Å². The predicted octanol–water partition coefficient (Wildman–Crippen LogP) is 2.66. The maximum Gasteiger partial charge on any atom is 0.258 e. The predicted molar refractivity (Wildman–Crippen MR) is 94.9 cm³/mol. The van der Waals surface area contributed by atoms with Gasteiger partial charge in [-0.1, -0.05) is 6.07 Å². The minimum atomic E-state index is -2.43. The molecule has 1 aromatic heterocycles. The van der Waals surface area contributed by atoms with Gasteiger partial charge in [0.15, 0.2) is 23.3 Å². The third-order valence-corrected chi connectivity index (χ3v) is 4.11. The molecular weight excluding hydrogens is 413 g/mol. The van der Waals surface area contributed by atoms with Gasteiger partial charge in [-0.15, -0.1) is 0 Å². The molecule has 0 aliphatic heterocycles. The molecule has 0 bridgehead atoms. The first-order chi connectivity index (χ1) is 14.2. The normalized spacial score (nSPS) is 11.9. The van der Waals surface area contributed by atoms with Gasteiger partial charge >= 0.3 is 0 Å². The lowest BCUT2D eigenvalue weighted by Gasteiger charge is -2.17. The molecule has 3 aromatic rings. The van der Waals surface area contributed by atoms with Crippen molar-refractivity contribution in [3.63, 3.8) is 0 Å². The van der Waals surface area contributed by atoms with Crippen molar-refractivity contribution in [3.05, 3.63) is 71.2 Å². The molecule has 2 amide bonds. The zero-order chi connectivity index (χ0) is 22.0. The lowest BCUT2D eigenvalue weighted by molar-refractivity contribution is -0.118. The van der Waals surface area contributed by atoms with Gasteiger partial charge in [0.05, 0.1) is 12.1 Å². The van der Waals surface area contributed by atoms with Crippen LogP contribution >= 0.6 is 0 Å². The van der Waals surface area contributed by atoms with Crippen LogP contribution in [0.3, 0.4) is 0 Å². The summed E-state index contributed by atoms with van der Waals surface area (Å²) in [5.41, 5.74) is -0.882. The summed E-state index contributed by atoms with van der Waals surface area (Å²) >= 11 is 0. The number of carbonyl (C=O) groups is 2. The Balaban J connectivity index is 1.81. The number of nitrogens with one attached hydrogen (secondary N) is 2. The first-order valence-electron chi connectivity index (χ1n) is 8.33. The maximum atomic E-state index is 13.8. The van der Waals surface area contributed by atoms with E-state index in [-0.39, 0.29) is 5.69 Å². The lowest BCUT2D eigenvalue weighted by atomic mass is 10.1. The molecule has 11 heteroatoms. The zero-order valence-corrected chi connectivity index (χ0v) is 14.8. The monoisotopic (exact) mass is 425 g/mol. The number of anilines is 1. The Morgan fingerprint density at radius 1 is 0.967 bits per heavy atom. The summed E-state index contributed by atoms with van der Waals surface area (Å²) in [6.45, 7) is -1.01. The second-order valence-corrected chi connectivity index (χ2v) is 6.05. The Labute approximate surface area is 165 Å². The second-order valence-electron chi connectivity index (χ2n) is 6.05. The van der Waals surface area contributed by atoms with Crippen molar-refractivity contribution in [2.24, 2.45) is 0 Å². The van der Waals surface area contributed by atoms with Crippen LogP contribution < -0.4 is 10.6 Å². The first-order valence-corrected chi connectivity index (χ1v) is 8.33. The molecule has 0 saturated heterocycles. The summed E-state index contributed by atoms with van der Waals surface area (Å²) in [4.78, 5) is 28.5. The highest BCUT2D eigenvalue weighted by Crippen LogP contribution is 2.23. The van der Waals surface area contributed by atoms with Crippen LogP contribution in [0.15, 0.2) is 36.5 Å². The molecule has 0 unspecified atom stereocenters. The lowest BCUT2D eigenvalue weighted by Crippen LogP contribution is -2.46. The van der Waals surface area contributed by atoms with Crippen LogP contribution in [-0.2, 0) is 4.79 Å². The number of aliphatic hydroxyl groups excluding tert-OH is 1. The van der Waals surface area contributed by atoms with E-state index in [1.165, 1.54) is 6.07 Å². The average molecular weight is 425 g/mol. The van der Waals surface area contributed by atoms with Crippen molar-refractivity contribution in [3.8, 4) is 0 Å². The van der Waals surface area contributed by atoms with Crippen LogP contribution in [0.4, 0.5) is 27.6 Å². The van der Waals surface area contributed by atoms with Crippen LogP contribution in [0, 0.1) is 29.1 Å². The van der Waals surface area contributed by atoms with E-state index in [1.54, 1.807) is 35.8 Å². The summed E-state index contributed by atoms with van der Waals surface area (Å²) in [5.74, 6) is -14.5. The molecule has 156 valence electrons. The van der Waals surface area contributed by atoms with E-state index in [0.717, 1.165) is 0 Å². The van der Waals surface area contributed by atoms with Crippen LogP contribution in [0.25, 0.3) is 10.9 Å². The summed E-state index contributed by atoms with van der Waals surface area (Å²) < 4.78 is 67.2. The summed E-state index contributed by atoms with van der Waals surface area (Å²) in [6, 6.07) is 6.25. The number of rotatable bonds is 5. The summed E-state index contributed by atoms with van der Waals surface area (Å²) in [6.07, 6.45) is 1.57. The quantitative estimate of drug-likeness (QED) is 0.333. The van der Waals surface area contributed by atoms with Crippen molar-refractivity contribution in [2.45, 2.75) is 6.04 Å². The highest BCUT2D eigenvalue weighted by atomic mass is 19.2. The van der Waals surface area contributed by atoms with Gasteiger partial charge in [0.2, 0.25) is 11.7 Å². The molecule has 2 aromatic carbocycles. The van der Waals surface area contributed by atoms with Gasteiger partial charge in [0, 0.05) is 17.3 Å². The molecule has 0 spiro atoms. The zero-order valence-electron chi connectivity index (χ0n) is 14.8. The van der Waals surface area contributed by atoms with E-state index in [1.807, 2.05) is 0 Å². The Morgan fingerprint density at radius 3 is 2.23 bits per heavy atom. The number of aliphatic hydroxyl groups is 1. The van der Waals surface area contributed by atoms with Gasteiger partial charge in [0.25, 0.3) is 5.91 Å². The Kier molecular flexibility index (Phi) is 5.92. The number of halogens is 5. The van der Waals surface area contributed by atoms with Crippen molar-refractivity contribution in [2.75, 3.05) is 11.9 Å². The van der Waals surface area contributed by atoms with Crippen LogP contribution in [-0.4, -0.2) is 34.6 Å². The molecule has 30 heavy (non-hydrogen) atoms. The number of hydrogen-bond donors (Lipinski definition) is 3. The number of hydrogen-bond acceptors (Lipinski definition) is 4. The SMILES string of the molecule is O=C(N[C@@H](CO)C(=O)Nc1ccc2ncccc2c1)c1c(F)c(F)c(F)c(F)c1F. The Morgan fingerprint density at radius 2 is 1.60 bits per heavy atom. The van der Waals surface area contributed by atoms with Gasteiger partial charge in [-0.05, 0) is 24.3 Å². The molecule has 1 heterocycles. The molecule has 1 atom stereocenters. The molecule has 0 saturated carbocycles. The topological polar surface area (TPSA) is 91.3 Å². The fourth-order valence-corrected chi connectivity index (χ4v) is 2.61. The molecule has 0 fully saturated rings. The summed E-state index contributed by atoms with van der Waals surface area (Å²) in [5, 5.41) is 14.1. The van der Waals surface area contributed by atoms with Gasteiger partial charge in [-0.3, -0.25) is 14.6 Å². The van der Waals surface area contributed by atoms with Crippen molar-refractivity contribution in [1.82, 2.24) is 10.3 Å². The molecule has 3 N–H and O–H groups in total. The number of fused-ring (bicyclic) bond motifs is 1. The van der Waals surface area contributed by atoms with E-state index < -0.39 is 59.1 Å². The molecular formula is C19H12F5N3O3. The van der Waals surface area contributed by atoms with Crippen LogP contribution in [0.2, 0.25) is 0 Å². The van der Waals surface area contributed by atoms with Crippen LogP contribution in [0.1, 0.15) is 10.4 Å². The highest BCUT2D eigenvalue weighted by molar-refractivity contribution is 6.02. The fourth-order valence-electron chi connectivity index (χ4n) is 2.61. The standard InChI is InChI=1S/C19H12F5N3O3/c20-13-12(14(21)16(23)17(24)15(13)22)19(30)27-11(7-28)18(29)26-9-3-4-10-8(6-9)2-1-5-25-10/h1-6,11,28H,7H2,(H,26,29)(H,27,30)/t11-/m0/s1. The van der Waals surface area contributed by atoms with E-state index >= 15 is 0 Å². The van der Waals surface area contributed by atoms with Crippen molar-refractivity contribution < 1.29 is 36.6 Å². The van der Waals surface area contributed by atoms with Gasteiger partial charge < -0.3 is 15.7 Å². The minimum absolute atomic E-state index is 0.254. The molecule has 3 rings (SSSR count). The number of aromatic nitrogens is 1. The second kappa shape index (κ2) is 8.41. The van der Waals surface area contributed by atoms with Crippen molar-refractivity contribution >= 4 is 28.4 Å². The maximum absolute atomic E-state index is 13.8. The molecule has 0 aliphatic carbocycles. The fraction of sp³-hybridized carbons (Fsp3) is 0.105. The molecule has 0 radical (unpaired) electrons. The largest absolute Gasteiger partial charge is 0.394 e. The van der Waals surface area contributed by atoms with E-state index in [0.29, 0.717) is 10.9 Å². The number of benzene rings is 2. The first kappa shape index (κ1) is 21.1. The number of amides is 2. The van der Waals surface area contributed by atoms with Gasteiger partial charge in [-0.2, -0.15) is 0 Å². The summed E-state index contributed by atoms with van der Waals surface area (Å²) in [7, 11) is 0. The van der Waals surface area contributed by atoms with E-state index in [2.05, 4.69) is 10.3 Å². The number of carbonyl (C=O) groups excluding carboxylic acids is 2. The molecule has 0 aliphatic rings. The van der Waals surface area contributed by atoms with Crippen molar-refractivity contribution in [1.29, 1.82) is 0 Å². The van der Waals surface area contributed by atoms with Gasteiger partial charge in [0.1, 0.15) is 11.6 Å². The number of nitrogens with zero attached hydrogens (tertiary/aromatic N) is 1. The third-order valence-electron chi connectivity index (χ3n) is 4.11. The van der Waals surface area contributed by atoms with Gasteiger partial charge in [-0.25, -0.2) is 22.0 Å². The third kappa shape index (κ3) is 3.92.